The van der Waals surface area contributed by atoms with Crippen LogP contribution >= 0.6 is 11.6 Å². The number of anilines is 2. The monoisotopic (exact) mass is 472 g/mol. The van der Waals surface area contributed by atoms with E-state index in [4.69, 9.17) is 16.1 Å². The summed E-state index contributed by atoms with van der Waals surface area (Å²) in [6.07, 6.45) is 3.91. The molecule has 0 aliphatic carbocycles. The second-order valence-corrected chi connectivity index (χ2v) is 8.51. The zero-order valence-corrected chi connectivity index (χ0v) is 20.3. The van der Waals surface area contributed by atoms with E-state index in [0.717, 1.165) is 33.0 Å². The number of rotatable bonds is 5. The first-order chi connectivity index (χ1) is 16.3. The fourth-order valence-electron chi connectivity index (χ4n) is 3.75. The first-order valence-corrected chi connectivity index (χ1v) is 11.2. The number of allylic oxidation sites excluding steroid dienone is 1. The van der Waals surface area contributed by atoms with Gasteiger partial charge in [0.15, 0.2) is 0 Å². The Bertz CT molecular complexity index is 1580. The van der Waals surface area contributed by atoms with Gasteiger partial charge in [0.05, 0.1) is 15.9 Å². The van der Waals surface area contributed by atoms with Crippen molar-refractivity contribution in [3.05, 3.63) is 92.2 Å². The van der Waals surface area contributed by atoms with Crippen molar-refractivity contribution in [1.29, 1.82) is 0 Å². The lowest BCUT2D eigenvalue weighted by molar-refractivity contribution is 0.433. The van der Waals surface area contributed by atoms with Crippen LogP contribution in [0.2, 0.25) is 5.02 Å². The summed E-state index contributed by atoms with van der Waals surface area (Å²) in [5.41, 5.74) is 4.60. The number of pyridine rings is 1. The summed E-state index contributed by atoms with van der Waals surface area (Å²) in [6, 6.07) is 15.0. The minimum absolute atomic E-state index is 0.0843. The summed E-state index contributed by atoms with van der Waals surface area (Å²) in [6.45, 7) is 9.79. The van der Waals surface area contributed by atoms with E-state index >= 15 is 0 Å². The zero-order valence-electron chi connectivity index (χ0n) is 19.5. The van der Waals surface area contributed by atoms with Crippen molar-refractivity contribution in [2.75, 3.05) is 5.32 Å². The van der Waals surface area contributed by atoms with Crippen LogP contribution in [0.3, 0.4) is 0 Å². The molecule has 7 heteroatoms. The Balaban J connectivity index is 1.75. The van der Waals surface area contributed by atoms with Crippen molar-refractivity contribution in [3.63, 3.8) is 0 Å². The molecule has 0 bridgehead atoms. The first-order valence-electron chi connectivity index (χ1n) is 10.8. The third-order valence-electron chi connectivity index (χ3n) is 5.50. The molecular formula is C27H25ClN4O2. The molecule has 2 aromatic carbocycles. The van der Waals surface area contributed by atoms with Crippen molar-refractivity contribution in [2.45, 2.75) is 20.8 Å². The summed E-state index contributed by atoms with van der Waals surface area (Å²) in [5, 5.41) is 9.49. The lowest BCUT2D eigenvalue weighted by Crippen LogP contribution is -2.42. The number of nitrogens with zero attached hydrogens (tertiary/aromatic N) is 3. The third-order valence-corrected chi connectivity index (χ3v) is 5.83. The summed E-state index contributed by atoms with van der Waals surface area (Å²) in [4.78, 5) is 17.7. The van der Waals surface area contributed by atoms with Crippen molar-refractivity contribution in [3.8, 4) is 22.6 Å². The second kappa shape index (κ2) is 9.53. The molecule has 0 aliphatic rings. The normalized spacial score (nSPS) is 12.3. The SMILES string of the molecule is C=C(C)/C=c1\c(=CC)cc(-c2cc(Nc3noc(-c4ccccc4Cl)n3)ccc2C)c(=O)n1C. The molecule has 0 saturated heterocycles. The van der Waals surface area contributed by atoms with Crippen molar-refractivity contribution < 1.29 is 4.52 Å². The van der Waals surface area contributed by atoms with E-state index in [2.05, 4.69) is 22.0 Å². The van der Waals surface area contributed by atoms with Gasteiger partial charge in [0.25, 0.3) is 17.4 Å². The molecule has 0 atom stereocenters. The number of halogens is 1. The smallest absolute Gasteiger partial charge is 0.268 e. The number of hydrogen-bond donors (Lipinski definition) is 1. The largest absolute Gasteiger partial charge is 0.332 e. The standard InChI is InChI=1S/C27H25ClN4O2/c1-6-18-14-22(26(33)32(5)24(18)13-16(2)3)21-15-19(12-11-17(21)4)29-27-30-25(34-31-27)20-9-7-8-10-23(20)28/h6-15H,2H2,1,3-5H3,(H,29,31)/b18-6?,24-13+. The van der Waals surface area contributed by atoms with Gasteiger partial charge in [0, 0.05) is 18.3 Å². The Morgan fingerprint density at radius 2 is 1.91 bits per heavy atom. The van der Waals surface area contributed by atoms with Crippen molar-refractivity contribution >= 4 is 35.4 Å². The summed E-state index contributed by atoms with van der Waals surface area (Å²) < 4.78 is 7.04. The molecule has 6 nitrogen and oxygen atoms in total. The number of nitrogens with one attached hydrogen (secondary N) is 1. The second-order valence-electron chi connectivity index (χ2n) is 8.10. The molecule has 0 radical (unpaired) electrons. The van der Waals surface area contributed by atoms with Gasteiger partial charge in [-0.25, -0.2) is 0 Å². The Labute approximate surface area is 202 Å². The van der Waals surface area contributed by atoms with Gasteiger partial charge < -0.3 is 14.4 Å². The highest BCUT2D eigenvalue weighted by Crippen LogP contribution is 2.28. The van der Waals surface area contributed by atoms with Crippen molar-refractivity contribution in [2.24, 2.45) is 7.05 Å². The number of hydrogen-bond acceptors (Lipinski definition) is 5. The molecule has 0 unspecified atom stereocenters. The van der Waals surface area contributed by atoms with E-state index in [-0.39, 0.29) is 5.56 Å². The average Bonchev–Trinajstić information content (AvgIpc) is 3.27. The van der Waals surface area contributed by atoms with Gasteiger partial charge in [0.2, 0.25) is 0 Å². The Morgan fingerprint density at radius 1 is 1.15 bits per heavy atom. The van der Waals surface area contributed by atoms with Crippen LogP contribution < -0.4 is 21.4 Å². The molecule has 0 amide bonds. The summed E-state index contributed by atoms with van der Waals surface area (Å²) >= 11 is 6.24. The molecule has 0 aliphatic heterocycles. The number of benzene rings is 2. The van der Waals surface area contributed by atoms with E-state index in [0.29, 0.717) is 28.0 Å². The van der Waals surface area contributed by atoms with Gasteiger partial charge in [-0.2, -0.15) is 4.98 Å². The number of aromatic nitrogens is 3. The van der Waals surface area contributed by atoms with Gasteiger partial charge >= 0.3 is 0 Å². The number of aryl methyl sites for hydroxylation is 1. The van der Waals surface area contributed by atoms with Crippen LogP contribution in [0.15, 0.2) is 70.0 Å². The third kappa shape index (κ3) is 4.58. The van der Waals surface area contributed by atoms with Gasteiger partial charge in [-0.05, 0) is 78.7 Å². The minimum atomic E-state index is -0.0843. The lowest BCUT2D eigenvalue weighted by atomic mass is 10.00. The van der Waals surface area contributed by atoms with Crippen LogP contribution in [0, 0.1) is 6.92 Å². The topological polar surface area (TPSA) is 73.0 Å². The predicted molar refractivity (Wildman–Crippen MR) is 139 cm³/mol. The molecule has 4 aromatic rings. The first kappa shape index (κ1) is 23.3. The fraction of sp³-hybridized carbons (Fsp3) is 0.148. The molecule has 2 heterocycles. The lowest BCUT2D eigenvalue weighted by Gasteiger charge is -2.11. The molecule has 4 rings (SSSR count). The quantitative estimate of drug-likeness (QED) is 0.444. The maximum absolute atomic E-state index is 13.3. The maximum Gasteiger partial charge on any atom is 0.268 e. The molecule has 0 saturated carbocycles. The van der Waals surface area contributed by atoms with E-state index < -0.39 is 0 Å². The van der Waals surface area contributed by atoms with Crippen LogP contribution in [-0.4, -0.2) is 14.7 Å². The minimum Gasteiger partial charge on any atom is -0.332 e. The highest BCUT2D eigenvalue weighted by molar-refractivity contribution is 6.33. The molecule has 34 heavy (non-hydrogen) atoms. The van der Waals surface area contributed by atoms with Crippen molar-refractivity contribution in [1.82, 2.24) is 14.7 Å². The molecule has 2 aromatic heterocycles. The highest BCUT2D eigenvalue weighted by atomic mass is 35.5. The average molecular weight is 473 g/mol. The zero-order chi connectivity index (χ0) is 24.4. The van der Waals surface area contributed by atoms with Gasteiger partial charge in [0.1, 0.15) is 0 Å². The van der Waals surface area contributed by atoms with Crippen LogP contribution in [0.1, 0.15) is 19.4 Å². The Morgan fingerprint density at radius 3 is 2.62 bits per heavy atom. The van der Waals surface area contributed by atoms with Gasteiger partial charge in [-0.15, -0.1) is 0 Å². The summed E-state index contributed by atoms with van der Waals surface area (Å²) in [7, 11) is 1.78. The highest BCUT2D eigenvalue weighted by Gasteiger charge is 2.14. The molecule has 1 N–H and O–H groups in total. The van der Waals surface area contributed by atoms with Crippen LogP contribution in [0.5, 0.6) is 0 Å². The van der Waals surface area contributed by atoms with E-state index in [1.807, 2.05) is 75.4 Å². The van der Waals surface area contributed by atoms with Crippen LogP contribution in [-0.2, 0) is 7.05 Å². The van der Waals surface area contributed by atoms with Gasteiger partial charge in [-0.1, -0.05) is 48.0 Å². The molecule has 172 valence electrons. The summed E-state index contributed by atoms with van der Waals surface area (Å²) in [5.74, 6) is 0.619. The maximum atomic E-state index is 13.3. The Kier molecular flexibility index (Phi) is 6.52. The molecule has 0 fully saturated rings. The Hall–Kier alpha value is -3.90. The van der Waals surface area contributed by atoms with Crippen LogP contribution in [0.4, 0.5) is 11.6 Å². The van der Waals surface area contributed by atoms with E-state index in [1.165, 1.54) is 0 Å². The molecule has 0 spiro atoms. The fourth-order valence-corrected chi connectivity index (χ4v) is 3.97. The van der Waals surface area contributed by atoms with Crippen LogP contribution in [0.25, 0.3) is 34.7 Å². The van der Waals surface area contributed by atoms with Gasteiger partial charge in [-0.3, -0.25) is 4.79 Å². The molecular weight excluding hydrogens is 448 g/mol. The van der Waals surface area contributed by atoms with E-state index in [9.17, 15) is 4.79 Å². The van der Waals surface area contributed by atoms with E-state index in [1.54, 1.807) is 17.7 Å². The predicted octanol–water partition coefficient (Wildman–Crippen LogP) is 4.96.